The van der Waals surface area contributed by atoms with Crippen molar-refractivity contribution in [2.24, 2.45) is 5.11 Å². The molecule has 0 bridgehead atoms. The van der Waals surface area contributed by atoms with Crippen LogP contribution in [0.15, 0.2) is 35.4 Å². The Labute approximate surface area is 122 Å². The average Bonchev–Trinajstić information content (AvgIpc) is 2.51. The van der Waals surface area contributed by atoms with Crippen LogP contribution >= 0.6 is 0 Å². The standard InChI is InChI=1S/C14H17N3O4/c1-9-13(11(16-17-15)8-12(19-2)20-9)21-14(18)10-6-4-3-5-7-10/h3-7,9,11-13H,8H2,1-2H3/t9-,11+,12+,13-/m0/s1. The summed E-state index contributed by atoms with van der Waals surface area (Å²) in [4.78, 5) is 14.9. The van der Waals surface area contributed by atoms with E-state index in [9.17, 15) is 4.79 Å². The van der Waals surface area contributed by atoms with Gasteiger partial charge in [-0.25, -0.2) is 4.79 Å². The van der Waals surface area contributed by atoms with Crippen LogP contribution in [0.4, 0.5) is 0 Å². The molecule has 1 aromatic rings. The highest BCUT2D eigenvalue weighted by Crippen LogP contribution is 2.26. The van der Waals surface area contributed by atoms with Gasteiger partial charge in [-0.1, -0.05) is 23.3 Å². The zero-order valence-electron chi connectivity index (χ0n) is 11.9. The molecule has 1 aliphatic rings. The van der Waals surface area contributed by atoms with Crippen molar-refractivity contribution < 1.29 is 19.0 Å². The minimum absolute atomic E-state index is 0.345. The van der Waals surface area contributed by atoms with Crippen LogP contribution in [0.2, 0.25) is 0 Å². The number of esters is 1. The summed E-state index contributed by atoms with van der Waals surface area (Å²) < 4.78 is 16.2. The van der Waals surface area contributed by atoms with Crippen LogP contribution in [0.25, 0.3) is 10.4 Å². The van der Waals surface area contributed by atoms with Crippen LogP contribution in [-0.2, 0) is 14.2 Å². The van der Waals surface area contributed by atoms with Gasteiger partial charge >= 0.3 is 5.97 Å². The van der Waals surface area contributed by atoms with Gasteiger partial charge in [-0.15, -0.1) is 0 Å². The molecule has 0 radical (unpaired) electrons. The second kappa shape index (κ2) is 7.08. The van der Waals surface area contributed by atoms with Crippen LogP contribution in [-0.4, -0.2) is 37.6 Å². The van der Waals surface area contributed by atoms with Gasteiger partial charge in [-0.3, -0.25) is 0 Å². The summed E-state index contributed by atoms with van der Waals surface area (Å²) in [6.45, 7) is 1.76. The van der Waals surface area contributed by atoms with E-state index in [1.807, 2.05) is 6.07 Å². The molecule has 21 heavy (non-hydrogen) atoms. The van der Waals surface area contributed by atoms with Gasteiger partial charge < -0.3 is 14.2 Å². The number of hydrogen-bond acceptors (Lipinski definition) is 5. The van der Waals surface area contributed by atoms with Crippen molar-refractivity contribution in [3.05, 3.63) is 46.3 Å². The smallest absolute Gasteiger partial charge is 0.338 e. The van der Waals surface area contributed by atoms with Gasteiger partial charge in [-0.05, 0) is 24.6 Å². The first-order valence-electron chi connectivity index (χ1n) is 6.64. The lowest BCUT2D eigenvalue weighted by atomic mass is 10.00. The third kappa shape index (κ3) is 3.72. The molecular weight excluding hydrogens is 274 g/mol. The van der Waals surface area contributed by atoms with Crippen LogP contribution in [0.5, 0.6) is 0 Å². The van der Waals surface area contributed by atoms with E-state index in [1.54, 1.807) is 31.2 Å². The summed E-state index contributed by atoms with van der Waals surface area (Å²) in [5.41, 5.74) is 9.11. The Kier molecular flexibility index (Phi) is 5.16. The average molecular weight is 291 g/mol. The van der Waals surface area contributed by atoms with Crippen molar-refractivity contribution in [2.75, 3.05) is 7.11 Å². The van der Waals surface area contributed by atoms with E-state index in [-0.39, 0.29) is 0 Å². The lowest BCUT2D eigenvalue weighted by Crippen LogP contribution is -2.48. The zero-order valence-corrected chi connectivity index (χ0v) is 11.9. The number of rotatable bonds is 4. The zero-order chi connectivity index (χ0) is 15.2. The predicted molar refractivity (Wildman–Crippen MR) is 74.5 cm³/mol. The Hall–Kier alpha value is -2.08. The van der Waals surface area contributed by atoms with Gasteiger partial charge in [0.2, 0.25) is 0 Å². The van der Waals surface area contributed by atoms with E-state index < -0.39 is 30.5 Å². The summed E-state index contributed by atoms with van der Waals surface area (Å²) >= 11 is 0. The molecule has 1 fully saturated rings. The van der Waals surface area contributed by atoms with Crippen LogP contribution < -0.4 is 0 Å². The van der Waals surface area contributed by atoms with Gasteiger partial charge in [0.05, 0.1) is 17.7 Å². The SMILES string of the molecule is CO[C@H]1C[C@@H](N=[N+]=[N-])[C@@H](OC(=O)c2ccccc2)[C@H](C)O1. The first kappa shape index (κ1) is 15.3. The lowest BCUT2D eigenvalue weighted by molar-refractivity contribution is -0.211. The molecule has 0 spiro atoms. The topological polar surface area (TPSA) is 93.5 Å². The van der Waals surface area contributed by atoms with Crippen molar-refractivity contribution in [3.8, 4) is 0 Å². The fourth-order valence-corrected chi connectivity index (χ4v) is 2.29. The van der Waals surface area contributed by atoms with Gasteiger partial charge in [0.25, 0.3) is 0 Å². The van der Waals surface area contributed by atoms with Gasteiger partial charge in [0.15, 0.2) is 6.29 Å². The molecule has 0 aliphatic carbocycles. The number of azide groups is 1. The Balaban J connectivity index is 2.12. The third-order valence-corrected chi connectivity index (χ3v) is 3.36. The predicted octanol–water partition coefficient (Wildman–Crippen LogP) is 2.67. The van der Waals surface area contributed by atoms with Crippen molar-refractivity contribution in [1.82, 2.24) is 0 Å². The highest BCUT2D eigenvalue weighted by Gasteiger charge is 2.39. The molecule has 0 saturated carbocycles. The second-order valence-electron chi connectivity index (χ2n) is 4.75. The number of carbonyl (C=O) groups excluding carboxylic acids is 1. The van der Waals surface area contributed by atoms with Gasteiger partial charge in [0.1, 0.15) is 6.10 Å². The van der Waals surface area contributed by atoms with E-state index in [0.29, 0.717) is 12.0 Å². The fourth-order valence-electron chi connectivity index (χ4n) is 2.29. The monoisotopic (exact) mass is 291 g/mol. The molecule has 1 aromatic carbocycles. The van der Waals surface area contributed by atoms with Crippen molar-refractivity contribution >= 4 is 5.97 Å². The van der Waals surface area contributed by atoms with E-state index in [0.717, 1.165) is 0 Å². The minimum atomic E-state index is -0.639. The van der Waals surface area contributed by atoms with Gasteiger partial charge in [-0.2, -0.15) is 0 Å². The largest absolute Gasteiger partial charge is 0.456 e. The molecule has 1 saturated heterocycles. The molecule has 0 aromatic heterocycles. The van der Waals surface area contributed by atoms with E-state index in [1.165, 1.54) is 7.11 Å². The first-order chi connectivity index (χ1) is 10.2. The fraction of sp³-hybridized carbons (Fsp3) is 0.500. The maximum Gasteiger partial charge on any atom is 0.338 e. The maximum atomic E-state index is 12.1. The van der Waals surface area contributed by atoms with Crippen molar-refractivity contribution in [2.45, 2.75) is 37.9 Å². The molecule has 112 valence electrons. The molecule has 4 atom stereocenters. The summed E-state index contributed by atoms with van der Waals surface area (Å²) in [5.74, 6) is -0.468. The first-order valence-corrected chi connectivity index (χ1v) is 6.64. The molecule has 1 aliphatic heterocycles. The van der Waals surface area contributed by atoms with Crippen molar-refractivity contribution in [1.29, 1.82) is 0 Å². The Morgan fingerprint density at radius 2 is 2.14 bits per heavy atom. The third-order valence-electron chi connectivity index (χ3n) is 3.36. The molecule has 7 nitrogen and oxygen atoms in total. The number of carbonyl (C=O) groups is 1. The Morgan fingerprint density at radius 1 is 1.43 bits per heavy atom. The number of nitrogens with zero attached hydrogens (tertiary/aromatic N) is 3. The number of methoxy groups -OCH3 is 1. The quantitative estimate of drug-likeness (QED) is 0.369. The number of benzene rings is 1. The second-order valence-corrected chi connectivity index (χ2v) is 4.75. The van der Waals surface area contributed by atoms with E-state index in [2.05, 4.69) is 10.0 Å². The molecule has 1 heterocycles. The van der Waals surface area contributed by atoms with Crippen molar-refractivity contribution in [3.63, 3.8) is 0 Å². The molecule has 0 N–H and O–H groups in total. The van der Waals surface area contributed by atoms with E-state index >= 15 is 0 Å². The summed E-state index contributed by atoms with van der Waals surface area (Å²) in [6.07, 6.45) is -1.19. The van der Waals surface area contributed by atoms with Crippen LogP contribution in [0.1, 0.15) is 23.7 Å². The Bertz CT molecular complexity index is 530. The number of hydrogen-bond donors (Lipinski definition) is 0. The number of ether oxygens (including phenoxy) is 3. The highest BCUT2D eigenvalue weighted by atomic mass is 16.7. The normalized spacial score (nSPS) is 28.5. The van der Waals surface area contributed by atoms with Crippen LogP contribution in [0, 0.1) is 0 Å². The van der Waals surface area contributed by atoms with E-state index in [4.69, 9.17) is 19.7 Å². The molecule has 0 amide bonds. The molecule has 0 unspecified atom stereocenters. The minimum Gasteiger partial charge on any atom is -0.456 e. The summed E-state index contributed by atoms with van der Waals surface area (Å²) in [7, 11) is 1.51. The molecule has 2 rings (SSSR count). The Morgan fingerprint density at radius 3 is 2.76 bits per heavy atom. The summed E-state index contributed by atoms with van der Waals surface area (Å²) in [5, 5.41) is 3.70. The summed E-state index contributed by atoms with van der Waals surface area (Å²) in [6, 6.07) is 8.13. The molecular formula is C14H17N3O4. The van der Waals surface area contributed by atoms with Crippen LogP contribution in [0.3, 0.4) is 0 Å². The highest BCUT2D eigenvalue weighted by molar-refractivity contribution is 5.89. The van der Waals surface area contributed by atoms with Gasteiger partial charge in [0, 0.05) is 18.4 Å². The molecule has 7 heteroatoms. The maximum absolute atomic E-state index is 12.1. The lowest BCUT2D eigenvalue weighted by Gasteiger charge is -2.37.